The minimum Gasteiger partial charge on any atom is -0.316 e. The lowest BCUT2D eigenvalue weighted by Crippen LogP contribution is -2.25. The van der Waals surface area contributed by atoms with Crippen molar-refractivity contribution >= 4 is 0 Å². The molecule has 1 aromatic rings. The number of benzene rings is 1. The zero-order valence-corrected chi connectivity index (χ0v) is 13.0. The van der Waals surface area contributed by atoms with E-state index in [-0.39, 0.29) is 0 Å². The van der Waals surface area contributed by atoms with E-state index in [0.29, 0.717) is 0 Å². The summed E-state index contributed by atoms with van der Waals surface area (Å²) in [5, 5.41) is 3.60. The highest BCUT2D eigenvalue weighted by atomic mass is 14.8. The molecule has 0 aliphatic rings. The molecule has 0 saturated carbocycles. The third-order valence-electron chi connectivity index (χ3n) is 3.68. The molecule has 0 fully saturated rings. The molecule has 1 nitrogen and oxygen atoms in total. The summed E-state index contributed by atoms with van der Waals surface area (Å²) in [7, 11) is 0. The normalized spacial score (nSPS) is 12.6. The second kappa shape index (κ2) is 10.0. The van der Waals surface area contributed by atoms with Gasteiger partial charge in [-0.05, 0) is 50.8 Å². The van der Waals surface area contributed by atoms with E-state index in [1.54, 1.807) is 0 Å². The number of nitrogens with one attached hydrogen (secondary N) is 1. The van der Waals surface area contributed by atoms with E-state index in [1.165, 1.54) is 56.2 Å². The van der Waals surface area contributed by atoms with Gasteiger partial charge in [0, 0.05) is 0 Å². The van der Waals surface area contributed by atoms with Crippen molar-refractivity contribution in [3.8, 4) is 0 Å². The Morgan fingerprint density at radius 3 is 2.63 bits per heavy atom. The third-order valence-corrected chi connectivity index (χ3v) is 3.68. The molecule has 1 aromatic carbocycles. The van der Waals surface area contributed by atoms with E-state index in [9.17, 15) is 0 Å². The van der Waals surface area contributed by atoms with Crippen LogP contribution in [0.4, 0.5) is 0 Å². The summed E-state index contributed by atoms with van der Waals surface area (Å²) in [5.74, 6) is 0.792. The first-order valence-corrected chi connectivity index (χ1v) is 8.02. The zero-order chi connectivity index (χ0) is 13.9. The molecular weight excluding hydrogens is 230 g/mol. The lowest BCUT2D eigenvalue weighted by atomic mass is 9.93. The first-order valence-electron chi connectivity index (χ1n) is 8.02. The fraction of sp³-hybridized carbons (Fsp3) is 0.667. The Morgan fingerprint density at radius 2 is 1.95 bits per heavy atom. The van der Waals surface area contributed by atoms with Crippen LogP contribution in [-0.2, 0) is 6.42 Å². The predicted octanol–water partition coefficient (Wildman–Crippen LogP) is 4.73. The Labute approximate surface area is 119 Å². The summed E-state index contributed by atoms with van der Waals surface area (Å²) in [6, 6.07) is 8.99. The molecule has 0 aliphatic heterocycles. The number of rotatable bonds is 10. The highest BCUT2D eigenvalue weighted by molar-refractivity contribution is 5.22. The number of hydrogen-bond donors (Lipinski definition) is 1. The van der Waals surface area contributed by atoms with Gasteiger partial charge in [0.2, 0.25) is 0 Å². The molecule has 1 unspecified atom stereocenters. The van der Waals surface area contributed by atoms with Crippen LogP contribution in [0.25, 0.3) is 0 Å². The second-order valence-electron chi connectivity index (χ2n) is 5.76. The van der Waals surface area contributed by atoms with E-state index >= 15 is 0 Å². The highest BCUT2D eigenvalue weighted by Gasteiger charge is 2.09. The summed E-state index contributed by atoms with van der Waals surface area (Å²) in [5.41, 5.74) is 2.88. The summed E-state index contributed by atoms with van der Waals surface area (Å²) >= 11 is 0. The zero-order valence-electron chi connectivity index (χ0n) is 13.0. The molecule has 1 heteroatoms. The van der Waals surface area contributed by atoms with Crippen LogP contribution in [0, 0.1) is 12.8 Å². The quantitative estimate of drug-likeness (QED) is 0.600. The molecule has 0 aliphatic carbocycles. The van der Waals surface area contributed by atoms with Crippen LogP contribution in [-0.4, -0.2) is 13.1 Å². The number of aryl methyl sites for hydroxylation is 1. The van der Waals surface area contributed by atoms with Crippen molar-refractivity contribution in [3.63, 3.8) is 0 Å². The summed E-state index contributed by atoms with van der Waals surface area (Å²) in [4.78, 5) is 0. The lowest BCUT2D eigenvalue weighted by molar-refractivity contribution is 0.424. The van der Waals surface area contributed by atoms with Crippen LogP contribution >= 0.6 is 0 Å². The maximum absolute atomic E-state index is 3.60. The molecule has 108 valence electrons. The van der Waals surface area contributed by atoms with Gasteiger partial charge in [0.1, 0.15) is 0 Å². The summed E-state index contributed by atoms with van der Waals surface area (Å²) < 4.78 is 0. The van der Waals surface area contributed by atoms with Crippen molar-refractivity contribution < 1.29 is 0 Å². The second-order valence-corrected chi connectivity index (χ2v) is 5.76. The van der Waals surface area contributed by atoms with Crippen molar-refractivity contribution in [1.82, 2.24) is 5.32 Å². The van der Waals surface area contributed by atoms with Gasteiger partial charge < -0.3 is 5.32 Å². The maximum Gasteiger partial charge on any atom is -0.00173 e. The van der Waals surface area contributed by atoms with Crippen molar-refractivity contribution in [1.29, 1.82) is 0 Å². The predicted molar refractivity (Wildman–Crippen MR) is 85.7 cm³/mol. The SMILES string of the molecule is CCCCCC(CNCCC)Cc1cccc(C)c1. The average Bonchev–Trinajstić information content (AvgIpc) is 2.39. The average molecular weight is 261 g/mol. The van der Waals surface area contributed by atoms with E-state index in [4.69, 9.17) is 0 Å². The minimum absolute atomic E-state index is 0.792. The summed E-state index contributed by atoms with van der Waals surface area (Å²) in [6.45, 7) is 9.03. The van der Waals surface area contributed by atoms with E-state index in [1.807, 2.05) is 0 Å². The van der Waals surface area contributed by atoms with Gasteiger partial charge in [0.05, 0.1) is 0 Å². The van der Waals surface area contributed by atoms with Crippen LogP contribution in [0.5, 0.6) is 0 Å². The van der Waals surface area contributed by atoms with Crippen LogP contribution in [0.2, 0.25) is 0 Å². The van der Waals surface area contributed by atoms with Crippen LogP contribution in [0.1, 0.15) is 57.1 Å². The third kappa shape index (κ3) is 7.37. The van der Waals surface area contributed by atoms with Gasteiger partial charge in [-0.3, -0.25) is 0 Å². The number of unbranched alkanes of at least 4 members (excludes halogenated alkanes) is 2. The molecule has 0 radical (unpaired) electrons. The fourth-order valence-electron chi connectivity index (χ4n) is 2.61. The minimum atomic E-state index is 0.792. The van der Waals surface area contributed by atoms with Crippen LogP contribution in [0.3, 0.4) is 0 Å². The van der Waals surface area contributed by atoms with Crippen LogP contribution < -0.4 is 5.32 Å². The van der Waals surface area contributed by atoms with Gasteiger partial charge in [-0.2, -0.15) is 0 Å². The molecular formula is C18H31N. The van der Waals surface area contributed by atoms with E-state index < -0.39 is 0 Å². The van der Waals surface area contributed by atoms with Gasteiger partial charge in [-0.1, -0.05) is 62.9 Å². The standard InChI is InChI=1S/C18H31N/c1-4-6-7-10-18(15-19-12-5-2)14-17-11-8-9-16(3)13-17/h8-9,11,13,18-19H,4-7,10,12,14-15H2,1-3H3. The van der Waals surface area contributed by atoms with Gasteiger partial charge in [-0.25, -0.2) is 0 Å². The Bertz CT molecular complexity index is 322. The first-order chi connectivity index (χ1) is 9.26. The lowest BCUT2D eigenvalue weighted by Gasteiger charge is -2.18. The smallest absolute Gasteiger partial charge is 0.00173 e. The molecule has 0 saturated heterocycles. The van der Waals surface area contributed by atoms with E-state index in [2.05, 4.69) is 50.4 Å². The molecule has 1 rings (SSSR count). The molecule has 0 amide bonds. The monoisotopic (exact) mass is 261 g/mol. The van der Waals surface area contributed by atoms with Crippen molar-refractivity contribution in [2.24, 2.45) is 5.92 Å². The Hall–Kier alpha value is -0.820. The fourth-order valence-corrected chi connectivity index (χ4v) is 2.61. The van der Waals surface area contributed by atoms with Crippen LogP contribution in [0.15, 0.2) is 24.3 Å². The molecule has 0 spiro atoms. The van der Waals surface area contributed by atoms with Crippen molar-refractivity contribution in [2.75, 3.05) is 13.1 Å². The molecule has 0 bridgehead atoms. The molecule has 1 N–H and O–H groups in total. The van der Waals surface area contributed by atoms with E-state index in [0.717, 1.165) is 12.5 Å². The molecule has 19 heavy (non-hydrogen) atoms. The van der Waals surface area contributed by atoms with Gasteiger partial charge in [-0.15, -0.1) is 0 Å². The van der Waals surface area contributed by atoms with Crippen molar-refractivity contribution in [3.05, 3.63) is 35.4 Å². The van der Waals surface area contributed by atoms with Gasteiger partial charge in [0.25, 0.3) is 0 Å². The van der Waals surface area contributed by atoms with Gasteiger partial charge >= 0.3 is 0 Å². The molecule has 0 aromatic heterocycles. The Morgan fingerprint density at radius 1 is 1.11 bits per heavy atom. The van der Waals surface area contributed by atoms with Gasteiger partial charge in [0.15, 0.2) is 0 Å². The highest BCUT2D eigenvalue weighted by Crippen LogP contribution is 2.16. The summed E-state index contributed by atoms with van der Waals surface area (Å²) in [6.07, 6.45) is 7.88. The topological polar surface area (TPSA) is 12.0 Å². The van der Waals surface area contributed by atoms with Crippen molar-refractivity contribution in [2.45, 2.75) is 59.3 Å². The maximum atomic E-state index is 3.60. The molecule has 0 heterocycles. The first kappa shape index (κ1) is 16.2. The largest absolute Gasteiger partial charge is 0.316 e. The number of hydrogen-bond acceptors (Lipinski definition) is 1. The molecule has 1 atom stereocenters. The Kier molecular flexibility index (Phi) is 8.57. The Balaban J connectivity index is 2.46.